The second kappa shape index (κ2) is 9.77. The molecule has 0 unspecified atom stereocenters. The van der Waals surface area contributed by atoms with Crippen molar-refractivity contribution >= 4 is 17.9 Å². The van der Waals surface area contributed by atoms with Crippen LogP contribution in [-0.2, 0) is 11.2 Å². The summed E-state index contributed by atoms with van der Waals surface area (Å²) in [4.78, 5) is 24.6. The third-order valence-electron chi connectivity index (χ3n) is 4.61. The maximum absolute atomic E-state index is 11.8. The van der Waals surface area contributed by atoms with Gasteiger partial charge in [-0.15, -0.1) is 0 Å². The van der Waals surface area contributed by atoms with Crippen LogP contribution < -0.4 is 15.0 Å². The Labute approximate surface area is 165 Å². The van der Waals surface area contributed by atoms with Gasteiger partial charge in [-0.2, -0.15) is 4.98 Å². The molecule has 2 heterocycles. The van der Waals surface area contributed by atoms with E-state index in [1.54, 1.807) is 18.2 Å². The van der Waals surface area contributed by atoms with Crippen molar-refractivity contribution in [1.29, 1.82) is 0 Å². The summed E-state index contributed by atoms with van der Waals surface area (Å²) in [6.07, 6.45) is 2.40. The summed E-state index contributed by atoms with van der Waals surface area (Å²) < 4.78 is 10.2. The lowest BCUT2D eigenvalue weighted by molar-refractivity contribution is 0.105. The molecule has 8 nitrogen and oxygen atoms in total. The highest BCUT2D eigenvalue weighted by atomic mass is 16.6. The van der Waals surface area contributed by atoms with Gasteiger partial charge in [0.05, 0.1) is 13.7 Å². The zero-order chi connectivity index (χ0) is 19.8. The molecule has 1 aliphatic heterocycles. The number of carbonyl (C=O) groups is 1. The van der Waals surface area contributed by atoms with Gasteiger partial charge in [-0.3, -0.25) is 0 Å². The topological polar surface area (TPSA) is 79.8 Å². The average molecular weight is 385 g/mol. The summed E-state index contributed by atoms with van der Waals surface area (Å²) in [7, 11) is 1.67. The van der Waals surface area contributed by atoms with Crippen LogP contribution in [0.4, 0.5) is 16.6 Å². The first kappa shape index (κ1) is 19.7. The van der Waals surface area contributed by atoms with Crippen molar-refractivity contribution in [2.24, 2.45) is 0 Å². The number of rotatable bonds is 7. The minimum atomic E-state index is -0.253. The Bertz CT molecular complexity index is 761. The molecular weight excluding hydrogens is 358 g/mol. The Morgan fingerprint density at radius 2 is 1.89 bits per heavy atom. The van der Waals surface area contributed by atoms with E-state index in [0.717, 1.165) is 24.5 Å². The largest absolute Gasteiger partial charge is 0.497 e. The molecule has 1 amide bonds. The van der Waals surface area contributed by atoms with Gasteiger partial charge in [-0.1, -0.05) is 12.1 Å². The molecule has 1 fully saturated rings. The zero-order valence-corrected chi connectivity index (χ0v) is 16.4. The smallest absolute Gasteiger partial charge is 0.409 e. The maximum atomic E-state index is 11.8. The van der Waals surface area contributed by atoms with E-state index >= 15 is 0 Å². The molecule has 0 atom stereocenters. The fourth-order valence-corrected chi connectivity index (χ4v) is 3.03. The number of anilines is 2. The van der Waals surface area contributed by atoms with E-state index in [9.17, 15) is 4.79 Å². The highest BCUT2D eigenvalue weighted by Crippen LogP contribution is 2.15. The average Bonchev–Trinajstić information content (AvgIpc) is 2.75. The summed E-state index contributed by atoms with van der Waals surface area (Å²) >= 11 is 0. The lowest BCUT2D eigenvalue weighted by Crippen LogP contribution is -2.49. The molecule has 1 aromatic carbocycles. The number of amides is 1. The van der Waals surface area contributed by atoms with Crippen molar-refractivity contribution < 1.29 is 14.3 Å². The molecule has 1 aromatic heterocycles. The fraction of sp³-hybridized carbons (Fsp3) is 0.450. The summed E-state index contributed by atoms with van der Waals surface area (Å²) in [5, 5.41) is 3.35. The first-order chi connectivity index (χ1) is 13.7. The van der Waals surface area contributed by atoms with Gasteiger partial charge in [-0.25, -0.2) is 9.78 Å². The van der Waals surface area contributed by atoms with Crippen LogP contribution in [0.15, 0.2) is 36.5 Å². The lowest BCUT2D eigenvalue weighted by atomic mass is 10.1. The number of nitrogens with zero attached hydrogens (tertiary/aromatic N) is 4. The van der Waals surface area contributed by atoms with Crippen molar-refractivity contribution in [3.63, 3.8) is 0 Å². The van der Waals surface area contributed by atoms with Gasteiger partial charge in [0.1, 0.15) is 11.6 Å². The number of ether oxygens (including phenoxy) is 2. The van der Waals surface area contributed by atoms with Crippen LogP contribution in [-0.4, -0.2) is 67.4 Å². The SMILES string of the molecule is CCOC(=O)N1CCN(c2nccc(NCCc3ccc(OC)cc3)n2)CC1. The summed E-state index contributed by atoms with van der Waals surface area (Å²) in [6.45, 7) is 5.58. The molecule has 1 N–H and O–H groups in total. The van der Waals surface area contributed by atoms with Crippen LogP contribution in [0.1, 0.15) is 12.5 Å². The van der Waals surface area contributed by atoms with Crippen LogP contribution in [0.5, 0.6) is 5.75 Å². The number of benzene rings is 1. The Hall–Kier alpha value is -3.03. The van der Waals surface area contributed by atoms with Crippen LogP contribution in [0.25, 0.3) is 0 Å². The molecule has 0 bridgehead atoms. The molecule has 0 spiro atoms. The van der Waals surface area contributed by atoms with Gasteiger partial charge >= 0.3 is 6.09 Å². The Morgan fingerprint density at radius 1 is 1.14 bits per heavy atom. The van der Waals surface area contributed by atoms with E-state index in [-0.39, 0.29) is 6.09 Å². The highest BCUT2D eigenvalue weighted by Gasteiger charge is 2.23. The third-order valence-corrected chi connectivity index (χ3v) is 4.61. The van der Waals surface area contributed by atoms with Crippen LogP contribution in [0, 0.1) is 0 Å². The molecule has 1 saturated heterocycles. The van der Waals surface area contributed by atoms with Gasteiger partial charge in [0.15, 0.2) is 0 Å². The number of aromatic nitrogens is 2. The van der Waals surface area contributed by atoms with Crippen molar-refractivity contribution in [3.05, 3.63) is 42.1 Å². The first-order valence-electron chi connectivity index (χ1n) is 9.56. The number of methoxy groups -OCH3 is 1. The van der Waals surface area contributed by atoms with Crippen molar-refractivity contribution in [2.75, 3.05) is 56.7 Å². The quantitative estimate of drug-likeness (QED) is 0.784. The van der Waals surface area contributed by atoms with E-state index < -0.39 is 0 Å². The molecular formula is C20H27N5O3. The first-order valence-corrected chi connectivity index (χ1v) is 9.56. The van der Waals surface area contributed by atoms with E-state index in [0.29, 0.717) is 38.7 Å². The zero-order valence-electron chi connectivity index (χ0n) is 16.4. The molecule has 0 aliphatic carbocycles. The standard InChI is InChI=1S/C20H27N5O3/c1-3-28-20(26)25-14-12-24(13-15-25)19-22-11-9-18(23-19)21-10-8-16-4-6-17(27-2)7-5-16/h4-7,9,11H,3,8,10,12-15H2,1-2H3,(H,21,22,23). The summed E-state index contributed by atoms with van der Waals surface area (Å²) in [6, 6.07) is 9.93. The maximum Gasteiger partial charge on any atom is 0.409 e. The molecule has 3 rings (SSSR count). The predicted molar refractivity (Wildman–Crippen MR) is 108 cm³/mol. The van der Waals surface area contributed by atoms with Gasteiger partial charge in [0, 0.05) is 38.9 Å². The number of hydrogen-bond acceptors (Lipinski definition) is 7. The lowest BCUT2D eigenvalue weighted by Gasteiger charge is -2.34. The molecule has 2 aromatic rings. The Balaban J connectivity index is 1.49. The van der Waals surface area contributed by atoms with Gasteiger partial charge in [0.2, 0.25) is 5.95 Å². The molecule has 28 heavy (non-hydrogen) atoms. The van der Waals surface area contributed by atoms with Crippen LogP contribution in [0.3, 0.4) is 0 Å². The van der Waals surface area contributed by atoms with E-state index in [1.165, 1.54) is 5.56 Å². The summed E-state index contributed by atoms with van der Waals surface area (Å²) in [5.41, 5.74) is 1.23. The third kappa shape index (κ3) is 5.25. The minimum Gasteiger partial charge on any atom is -0.497 e. The van der Waals surface area contributed by atoms with Crippen molar-refractivity contribution in [3.8, 4) is 5.75 Å². The van der Waals surface area contributed by atoms with E-state index in [4.69, 9.17) is 9.47 Å². The Morgan fingerprint density at radius 3 is 2.57 bits per heavy atom. The van der Waals surface area contributed by atoms with Crippen LogP contribution >= 0.6 is 0 Å². The van der Waals surface area contributed by atoms with E-state index in [2.05, 4.69) is 32.3 Å². The highest BCUT2D eigenvalue weighted by molar-refractivity contribution is 5.68. The van der Waals surface area contributed by atoms with Crippen LogP contribution in [0.2, 0.25) is 0 Å². The number of piperazine rings is 1. The van der Waals surface area contributed by atoms with Gasteiger partial charge < -0.3 is 24.6 Å². The minimum absolute atomic E-state index is 0.253. The second-order valence-electron chi connectivity index (χ2n) is 6.44. The van der Waals surface area contributed by atoms with Crippen molar-refractivity contribution in [1.82, 2.24) is 14.9 Å². The monoisotopic (exact) mass is 385 g/mol. The Kier molecular flexibility index (Phi) is 6.89. The molecule has 0 saturated carbocycles. The molecule has 0 radical (unpaired) electrons. The molecule has 1 aliphatic rings. The normalized spacial score (nSPS) is 13.9. The fourth-order valence-electron chi connectivity index (χ4n) is 3.03. The molecule has 150 valence electrons. The van der Waals surface area contributed by atoms with Crippen molar-refractivity contribution in [2.45, 2.75) is 13.3 Å². The summed E-state index contributed by atoms with van der Waals surface area (Å²) in [5.74, 6) is 2.34. The van der Waals surface area contributed by atoms with E-state index in [1.807, 2.05) is 25.1 Å². The number of hydrogen-bond donors (Lipinski definition) is 1. The van der Waals surface area contributed by atoms with Gasteiger partial charge in [-0.05, 0) is 37.1 Å². The van der Waals surface area contributed by atoms with Gasteiger partial charge in [0.25, 0.3) is 0 Å². The number of carbonyl (C=O) groups excluding carboxylic acids is 1. The number of nitrogens with one attached hydrogen (secondary N) is 1. The molecule has 8 heteroatoms. The predicted octanol–water partition coefficient (Wildman–Crippen LogP) is 2.42. The second-order valence-corrected chi connectivity index (χ2v) is 6.44.